The van der Waals surface area contributed by atoms with Gasteiger partial charge < -0.3 is 9.88 Å². The van der Waals surface area contributed by atoms with E-state index in [1.54, 1.807) is 0 Å². The summed E-state index contributed by atoms with van der Waals surface area (Å²) in [5.74, 6) is 0.688. The molecule has 1 unspecified atom stereocenters. The molecule has 3 heterocycles. The van der Waals surface area contributed by atoms with Gasteiger partial charge in [-0.2, -0.15) is 0 Å². The Kier molecular flexibility index (Phi) is 5.07. The number of anilines is 1. The van der Waals surface area contributed by atoms with Crippen LogP contribution in [0.25, 0.3) is 10.9 Å². The van der Waals surface area contributed by atoms with Crippen molar-refractivity contribution in [1.29, 1.82) is 0 Å². The monoisotopic (exact) mass is 442 g/mol. The minimum absolute atomic E-state index is 0.104. The number of aryl methyl sites for hydroxylation is 2. The number of aromatic nitrogens is 5. The Bertz CT molecular complexity index is 1400. The van der Waals surface area contributed by atoms with Gasteiger partial charge in [-0.05, 0) is 85.7 Å². The van der Waals surface area contributed by atoms with Crippen LogP contribution in [0.15, 0.2) is 47.3 Å². The lowest BCUT2D eigenvalue weighted by atomic mass is 9.98. The lowest BCUT2D eigenvalue weighted by Gasteiger charge is -2.32. The third-order valence-corrected chi connectivity index (χ3v) is 7.03. The Morgan fingerprint density at radius 1 is 1.15 bits per heavy atom. The number of rotatable bonds is 5. The van der Waals surface area contributed by atoms with Gasteiger partial charge in [0, 0.05) is 17.8 Å². The lowest BCUT2D eigenvalue weighted by Crippen LogP contribution is -2.37. The fraction of sp³-hybridized carbons (Fsp3) is 0.385. The number of hydrogen-bond donors (Lipinski definition) is 1. The van der Waals surface area contributed by atoms with Crippen LogP contribution in [0.5, 0.6) is 0 Å². The Morgan fingerprint density at radius 3 is 2.73 bits per heavy atom. The first-order valence-electron chi connectivity index (χ1n) is 11.6. The van der Waals surface area contributed by atoms with Crippen molar-refractivity contribution in [1.82, 2.24) is 25.2 Å². The fourth-order valence-corrected chi connectivity index (χ4v) is 4.93. The number of pyridine rings is 1. The molecule has 33 heavy (non-hydrogen) atoms. The molecule has 5 rings (SSSR count). The molecule has 1 aliphatic rings. The van der Waals surface area contributed by atoms with Gasteiger partial charge in [-0.15, -0.1) is 5.10 Å². The summed E-state index contributed by atoms with van der Waals surface area (Å²) in [7, 11) is 0. The number of nitrogens with zero attached hydrogens (tertiary/aromatic N) is 5. The highest BCUT2D eigenvalue weighted by Gasteiger charge is 2.36. The van der Waals surface area contributed by atoms with Gasteiger partial charge in [-0.25, -0.2) is 4.68 Å². The minimum Gasteiger partial charge on any atom is -0.357 e. The Balaban J connectivity index is 1.78. The second-order valence-electron chi connectivity index (χ2n) is 9.69. The van der Waals surface area contributed by atoms with Crippen molar-refractivity contribution in [3.05, 3.63) is 80.9 Å². The highest BCUT2D eigenvalue weighted by atomic mass is 16.1. The largest absolute Gasteiger partial charge is 0.357 e. The summed E-state index contributed by atoms with van der Waals surface area (Å²) in [5.41, 5.74) is 5.79. The average molecular weight is 443 g/mol. The van der Waals surface area contributed by atoms with Gasteiger partial charge in [0.1, 0.15) is 6.04 Å². The van der Waals surface area contributed by atoms with E-state index in [0.717, 1.165) is 47.1 Å². The van der Waals surface area contributed by atoms with E-state index in [0.29, 0.717) is 11.4 Å². The van der Waals surface area contributed by atoms with E-state index in [9.17, 15) is 4.79 Å². The summed E-state index contributed by atoms with van der Waals surface area (Å²) in [4.78, 5) is 19.0. The first kappa shape index (κ1) is 21.4. The second kappa shape index (κ2) is 7.83. The lowest BCUT2D eigenvalue weighted by molar-refractivity contribution is 0.287. The first-order chi connectivity index (χ1) is 15.8. The van der Waals surface area contributed by atoms with E-state index in [-0.39, 0.29) is 11.1 Å². The summed E-state index contributed by atoms with van der Waals surface area (Å²) in [5, 5.41) is 13.9. The number of para-hydroxylation sites is 1. The van der Waals surface area contributed by atoms with Crippen LogP contribution in [-0.4, -0.2) is 31.7 Å². The molecule has 0 saturated carbocycles. The van der Waals surface area contributed by atoms with E-state index in [1.807, 2.05) is 23.7 Å². The normalized spacial score (nSPS) is 14.6. The van der Waals surface area contributed by atoms with Crippen molar-refractivity contribution in [3.63, 3.8) is 0 Å². The van der Waals surface area contributed by atoms with Crippen LogP contribution in [0.2, 0.25) is 0 Å². The van der Waals surface area contributed by atoms with Crippen LogP contribution >= 0.6 is 0 Å². The van der Waals surface area contributed by atoms with Gasteiger partial charge in [-0.3, -0.25) is 4.79 Å². The molecule has 2 aromatic carbocycles. The molecule has 0 amide bonds. The zero-order chi connectivity index (χ0) is 23.3. The van der Waals surface area contributed by atoms with E-state index in [1.165, 1.54) is 5.56 Å². The highest BCUT2D eigenvalue weighted by Crippen LogP contribution is 2.38. The zero-order valence-corrected chi connectivity index (χ0v) is 19.9. The van der Waals surface area contributed by atoms with E-state index < -0.39 is 6.04 Å². The van der Waals surface area contributed by atoms with Gasteiger partial charge >= 0.3 is 0 Å². The number of hydrogen-bond acceptors (Lipinski definition) is 5. The average Bonchev–Trinajstić information content (AvgIpc) is 3.44. The molecular formula is C26H30N6O. The third kappa shape index (κ3) is 3.52. The van der Waals surface area contributed by atoms with E-state index in [4.69, 9.17) is 0 Å². The van der Waals surface area contributed by atoms with Gasteiger partial charge in [-0.1, -0.05) is 36.8 Å². The SMILES string of the molecule is CCC(C)(C)n1nnnc1C(c1cc2cc(C)cc(C)c2[nH]c1=O)N1CCc2ccccc21. The van der Waals surface area contributed by atoms with Gasteiger partial charge in [0.2, 0.25) is 0 Å². The molecule has 1 N–H and O–H groups in total. The number of nitrogens with one attached hydrogen (secondary N) is 1. The van der Waals surface area contributed by atoms with Crippen LogP contribution in [0.1, 0.15) is 61.3 Å². The molecule has 1 atom stereocenters. The molecule has 4 aromatic rings. The van der Waals surface area contributed by atoms with Crippen molar-refractivity contribution < 1.29 is 0 Å². The summed E-state index contributed by atoms with van der Waals surface area (Å²) in [6.07, 6.45) is 1.79. The molecule has 0 saturated heterocycles. The molecule has 7 nitrogen and oxygen atoms in total. The topological polar surface area (TPSA) is 79.7 Å². The maximum absolute atomic E-state index is 13.5. The molecule has 170 valence electrons. The predicted octanol–water partition coefficient (Wildman–Crippen LogP) is 4.43. The van der Waals surface area contributed by atoms with E-state index >= 15 is 0 Å². The third-order valence-electron chi connectivity index (χ3n) is 7.03. The molecule has 7 heteroatoms. The van der Waals surface area contributed by atoms with Crippen LogP contribution in [0, 0.1) is 13.8 Å². The van der Waals surface area contributed by atoms with E-state index in [2.05, 4.69) is 83.4 Å². The second-order valence-corrected chi connectivity index (χ2v) is 9.69. The molecular weight excluding hydrogens is 412 g/mol. The summed E-state index contributed by atoms with van der Waals surface area (Å²) < 4.78 is 1.89. The van der Waals surface area contributed by atoms with Gasteiger partial charge in [0.25, 0.3) is 5.56 Å². The fourth-order valence-electron chi connectivity index (χ4n) is 4.93. The quantitative estimate of drug-likeness (QED) is 0.495. The maximum atomic E-state index is 13.5. The molecule has 1 aliphatic heterocycles. The molecule has 0 fully saturated rings. The number of benzene rings is 2. The molecule has 0 bridgehead atoms. The van der Waals surface area contributed by atoms with Crippen LogP contribution < -0.4 is 10.5 Å². The minimum atomic E-state index is -0.400. The summed E-state index contributed by atoms with van der Waals surface area (Å²) in [6.45, 7) is 11.3. The Morgan fingerprint density at radius 2 is 1.94 bits per heavy atom. The van der Waals surface area contributed by atoms with Gasteiger partial charge in [0.15, 0.2) is 5.82 Å². The summed E-state index contributed by atoms with van der Waals surface area (Å²) >= 11 is 0. The first-order valence-corrected chi connectivity index (χ1v) is 11.6. The Labute approximate surface area is 193 Å². The van der Waals surface area contributed by atoms with Crippen molar-refractivity contribution in [2.24, 2.45) is 0 Å². The van der Waals surface area contributed by atoms with Crippen molar-refractivity contribution in [2.75, 3.05) is 11.4 Å². The smallest absolute Gasteiger partial charge is 0.254 e. The number of tetrazole rings is 1. The standard InChI is InChI=1S/C26H30N6O/c1-6-26(4,5)32-24(28-29-30-32)23(31-12-11-18-9-7-8-10-21(18)31)20-15-19-14-16(2)13-17(3)22(19)27-25(20)33/h7-10,13-15,23H,6,11-12H2,1-5H3,(H,27,33). The number of H-pyrrole nitrogens is 1. The number of aromatic amines is 1. The Hall–Kier alpha value is -3.48. The molecule has 0 aliphatic carbocycles. The van der Waals surface area contributed by atoms with Gasteiger partial charge in [0.05, 0.1) is 11.1 Å². The summed E-state index contributed by atoms with van der Waals surface area (Å²) in [6, 6.07) is 14.2. The van der Waals surface area contributed by atoms with Crippen molar-refractivity contribution in [3.8, 4) is 0 Å². The van der Waals surface area contributed by atoms with Crippen molar-refractivity contribution in [2.45, 2.75) is 59.0 Å². The zero-order valence-electron chi connectivity index (χ0n) is 19.9. The van der Waals surface area contributed by atoms with Crippen molar-refractivity contribution >= 4 is 16.6 Å². The van der Waals surface area contributed by atoms with Crippen LogP contribution in [-0.2, 0) is 12.0 Å². The molecule has 0 spiro atoms. The molecule has 0 radical (unpaired) electrons. The van der Waals surface area contributed by atoms with Crippen LogP contribution in [0.3, 0.4) is 0 Å². The van der Waals surface area contributed by atoms with Crippen LogP contribution in [0.4, 0.5) is 5.69 Å². The predicted molar refractivity (Wildman–Crippen MR) is 131 cm³/mol. The number of fused-ring (bicyclic) bond motifs is 2. The highest BCUT2D eigenvalue weighted by molar-refractivity contribution is 5.83. The maximum Gasteiger partial charge on any atom is 0.254 e. The molecule has 2 aromatic heterocycles.